The topological polar surface area (TPSA) is 86.2 Å². The van der Waals surface area contributed by atoms with Gasteiger partial charge in [-0.25, -0.2) is 4.98 Å². The number of benzene rings is 1. The van der Waals surface area contributed by atoms with Gasteiger partial charge in [0.05, 0.1) is 11.6 Å². The SMILES string of the molecule is CN(CC(=O)N1CCN(c2ccc(Cl)cn2)CC1)C1=NS(=O)(=O)c2ccccc21. The summed E-state index contributed by atoms with van der Waals surface area (Å²) in [5, 5.41) is 0.587. The highest BCUT2D eigenvalue weighted by Gasteiger charge is 2.32. The number of rotatable bonds is 3. The summed E-state index contributed by atoms with van der Waals surface area (Å²) in [5.41, 5.74) is 0.529. The number of carbonyl (C=O) groups is 1. The van der Waals surface area contributed by atoms with E-state index < -0.39 is 10.0 Å². The van der Waals surface area contributed by atoms with Gasteiger partial charge in [0.2, 0.25) is 5.91 Å². The zero-order valence-corrected chi connectivity index (χ0v) is 17.4. The van der Waals surface area contributed by atoms with E-state index in [2.05, 4.69) is 14.3 Å². The van der Waals surface area contributed by atoms with E-state index >= 15 is 0 Å². The second-order valence-electron chi connectivity index (χ2n) is 6.94. The molecule has 10 heteroatoms. The second-order valence-corrected chi connectivity index (χ2v) is 8.95. The highest BCUT2D eigenvalue weighted by molar-refractivity contribution is 7.90. The lowest BCUT2D eigenvalue weighted by Crippen LogP contribution is -2.51. The minimum absolute atomic E-state index is 0.0574. The molecule has 0 radical (unpaired) electrons. The van der Waals surface area contributed by atoms with Crippen LogP contribution in [0.3, 0.4) is 0 Å². The number of halogens is 1. The number of aromatic nitrogens is 1. The summed E-state index contributed by atoms with van der Waals surface area (Å²) in [7, 11) is -2.02. The van der Waals surface area contributed by atoms with Gasteiger partial charge in [-0.3, -0.25) is 4.79 Å². The number of amides is 1. The van der Waals surface area contributed by atoms with Gasteiger partial charge < -0.3 is 14.7 Å². The molecule has 0 unspecified atom stereocenters. The molecule has 1 fully saturated rings. The van der Waals surface area contributed by atoms with Crippen molar-refractivity contribution in [1.29, 1.82) is 0 Å². The van der Waals surface area contributed by atoms with E-state index in [1.807, 2.05) is 6.07 Å². The Morgan fingerprint density at radius 1 is 1.14 bits per heavy atom. The molecule has 29 heavy (non-hydrogen) atoms. The molecule has 8 nitrogen and oxygen atoms in total. The minimum Gasteiger partial charge on any atom is -0.353 e. The molecule has 152 valence electrons. The number of piperazine rings is 1. The smallest absolute Gasteiger partial charge is 0.285 e. The van der Waals surface area contributed by atoms with Crippen molar-refractivity contribution in [3.8, 4) is 0 Å². The van der Waals surface area contributed by atoms with Crippen LogP contribution in [-0.4, -0.2) is 74.7 Å². The first-order valence-electron chi connectivity index (χ1n) is 9.15. The van der Waals surface area contributed by atoms with Crippen LogP contribution in [0.2, 0.25) is 5.02 Å². The highest BCUT2D eigenvalue weighted by atomic mass is 35.5. The van der Waals surface area contributed by atoms with Crippen LogP contribution in [0.15, 0.2) is 51.9 Å². The van der Waals surface area contributed by atoms with E-state index in [4.69, 9.17) is 11.6 Å². The van der Waals surface area contributed by atoms with E-state index in [0.717, 1.165) is 5.82 Å². The third-order valence-corrected chi connectivity index (χ3v) is 6.56. The van der Waals surface area contributed by atoms with E-state index in [9.17, 15) is 13.2 Å². The van der Waals surface area contributed by atoms with Crippen LogP contribution >= 0.6 is 11.6 Å². The Labute approximate surface area is 174 Å². The Bertz CT molecular complexity index is 1060. The van der Waals surface area contributed by atoms with Gasteiger partial charge >= 0.3 is 0 Å². The molecule has 0 saturated carbocycles. The largest absolute Gasteiger partial charge is 0.353 e. The first kappa shape index (κ1) is 19.7. The predicted octanol–water partition coefficient (Wildman–Crippen LogP) is 1.46. The molecule has 2 aliphatic rings. The predicted molar refractivity (Wildman–Crippen MR) is 111 cm³/mol. The van der Waals surface area contributed by atoms with Crippen molar-refractivity contribution < 1.29 is 13.2 Å². The van der Waals surface area contributed by atoms with Gasteiger partial charge in [0, 0.05) is 45.0 Å². The molecule has 1 saturated heterocycles. The van der Waals surface area contributed by atoms with Crippen molar-refractivity contribution in [1.82, 2.24) is 14.8 Å². The van der Waals surface area contributed by atoms with Crippen LogP contribution in [0, 0.1) is 0 Å². The van der Waals surface area contributed by atoms with Gasteiger partial charge in [-0.05, 0) is 24.3 Å². The number of likely N-dealkylation sites (N-methyl/N-ethyl adjacent to an activating group) is 1. The molecule has 0 N–H and O–H groups in total. The molecule has 3 heterocycles. The number of amidine groups is 1. The Morgan fingerprint density at radius 2 is 1.86 bits per heavy atom. The van der Waals surface area contributed by atoms with Crippen LogP contribution in [0.1, 0.15) is 5.56 Å². The van der Waals surface area contributed by atoms with Gasteiger partial charge in [0.25, 0.3) is 10.0 Å². The van der Waals surface area contributed by atoms with Crippen LogP contribution in [0.5, 0.6) is 0 Å². The Balaban J connectivity index is 1.39. The van der Waals surface area contributed by atoms with Crippen molar-refractivity contribution in [2.45, 2.75) is 4.90 Å². The monoisotopic (exact) mass is 433 g/mol. The Kier molecular flexibility index (Phi) is 5.18. The van der Waals surface area contributed by atoms with Gasteiger partial charge in [0.15, 0.2) is 5.84 Å². The Hall–Kier alpha value is -2.65. The van der Waals surface area contributed by atoms with Gasteiger partial charge in [-0.2, -0.15) is 8.42 Å². The molecule has 2 aliphatic heterocycles. The number of hydrogen-bond donors (Lipinski definition) is 0. The number of anilines is 1. The minimum atomic E-state index is -3.70. The van der Waals surface area contributed by atoms with Crippen molar-refractivity contribution in [2.75, 3.05) is 44.7 Å². The summed E-state index contributed by atoms with van der Waals surface area (Å²) >= 11 is 5.88. The van der Waals surface area contributed by atoms with E-state index in [1.165, 1.54) is 6.07 Å². The lowest BCUT2D eigenvalue weighted by Gasteiger charge is -2.36. The molecule has 1 aromatic heterocycles. The molecule has 0 atom stereocenters. The average molecular weight is 434 g/mol. The Morgan fingerprint density at radius 3 is 2.55 bits per heavy atom. The van der Waals surface area contributed by atoms with Gasteiger partial charge in [-0.15, -0.1) is 4.40 Å². The normalized spacial score (nSPS) is 17.7. The summed E-state index contributed by atoms with van der Waals surface area (Å²) in [6.07, 6.45) is 1.61. The summed E-state index contributed by atoms with van der Waals surface area (Å²) < 4.78 is 28.3. The molecule has 4 rings (SSSR count). The fourth-order valence-corrected chi connectivity index (χ4v) is 4.84. The molecule has 0 bridgehead atoms. The number of nitrogens with zero attached hydrogens (tertiary/aromatic N) is 5. The van der Waals surface area contributed by atoms with Crippen molar-refractivity contribution in [3.05, 3.63) is 53.2 Å². The molecule has 1 aromatic carbocycles. The summed E-state index contributed by atoms with van der Waals surface area (Å²) in [5.74, 6) is 1.07. The lowest BCUT2D eigenvalue weighted by atomic mass is 10.2. The molecule has 0 spiro atoms. The fraction of sp³-hybridized carbons (Fsp3) is 0.316. The second kappa shape index (κ2) is 7.64. The van der Waals surface area contributed by atoms with Gasteiger partial charge in [-0.1, -0.05) is 23.7 Å². The third-order valence-electron chi connectivity index (χ3n) is 5.01. The average Bonchev–Trinajstić information content (AvgIpc) is 3.00. The zero-order valence-electron chi connectivity index (χ0n) is 15.8. The van der Waals surface area contributed by atoms with Crippen LogP contribution < -0.4 is 4.90 Å². The third kappa shape index (κ3) is 3.92. The van der Waals surface area contributed by atoms with Crippen LogP contribution in [0.25, 0.3) is 0 Å². The van der Waals surface area contributed by atoms with E-state index in [-0.39, 0.29) is 17.3 Å². The summed E-state index contributed by atoms with van der Waals surface area (Å²) in [6.45, 7) is 2.53. The maximum Gasteiger partial charge on any atom is 0.285 e. The quantitative estimate of drug-likeness (QED) is 0.728. The van der Waals surface area contributed by atoms with E-state index in [1.54, 1.807) is 47.3 Å². The standard InChI is InChI=1S/C19H20ClN5O3S/c1-23(19-15-4-2-3-5-16(15)29(27,28)22-19)13-18(26)25-10-8-24(9-11-25)17-7-6-14(20)12-21-17/h2-7,12H,8-11,13H2,1H3. The molecule has 1 amide bonds. The number of fused-ring (bicyclic) bond motifs is 1. The number of pyridine rings is 1. The molecule has 0 aliphatic carbocycles. The number of sulfonamides is 1. The first-order chi connectivity index (χ1) is 13.8. The summed E-state index contributed by atoms with van der Waals surface area (Å²) in [4.78, 5) is 22.7. The first-order valence-corrected chi connectivity index (χ1v) is 11.0. The van der Waals surface area contributed by atoms with E-state index in [0.29, 0.717) is 42.6 Å². The number of carbonyl (C=O) groups excluding carboxylic acids is 1. The molecule has 2 aromatic rings. The fourth-order valence-electron chi connectivity index (χ4n) is 3.48. The molecular weight excluding hydrogens is 414 g/mol. The maximum atomic E-state index is 12.8. The lowest BCUT2D eigenvalue weighted by molar-refractivity contribution is -0.131. The number of hydrogen-bond acceptors (Lipinski definition) is 6. The van der Waals surface area contributed by atoms with Crippen molar-refractivity contribution in [3.63, 3.8) is 0 Å². The summed E-state index contributed by atoms with van der Waals surface area (Å²) in [6, 6.07) is 10.3. The van der Waals surface area contributed by atoms with Crippen LogP contribution in [0.4, 0.5) is 5.82 Å². The van der Waals surface area contributed by atoms with Crippen molar-refractivity contribution in [2.24, 2.45) is 4.40 Å². The van der Waals surface area contributed by atoms with Crippen LogP contribution in [-0.2, 0) is 14.8 Å². The van der Waals surface area contributed by atoms with Gasteiger partial charge in [0.1, 0.15) is 10.7 Å². The zero-order chi connectivity index (χ0) is 20.6. The van der Waals surface area contributed by atoms with Crippen molar-refractivity contribution >= 4 is 39.2 Å². The molecular formula is C19H20ClN5O3S. The highest BCUT2D eigenvalue weighted by Crippen LogP contribution is 2.27. The maximum absolute atomic E-state index is 12.8.